The van der Waals surface area contributed by atoms with Crippen LogP contribution in [0.4, 0.5) is 15.9 Å². The summed E-state index contributed by atoms with van der Waals surface area (Å²) in [4.78, 5) is 19.2. The Balaban J connectivity index is 0.000000271. The highest BCUT2D eigenvalue weighted by atomic mass is 19.3. The number of pyridine rings is 1. The number of benzene rings is 2. The first kappa shape index (κ1) is 29.4. The third-order valence-electron chi connectivity index (χ3n) is 6.46. The van der Waals surface area contributed by atoms with Gasteiger partial charge in [-0.15, -0.1) is 0 Å². The predicted octanol–water partition coefficient (Wildman–Crippen LogP) is 6.81. The molecule has 0 aliphatic heterocycles. The second-order valence-electron chi connectivity index (χ2n) is 9.64. The molecule has 2 aromatic carbocycles. The van der Waals surface area contributed by atoms with E-state index in [2.05, 4.69) is 44.0 Å². The molecule has 0 saturated carbocycles. The first-order valence-corrected chi connectivity index (χ1v) is 13.3. The zero-order chi connectivity index (χ0) is 29.4. The Hall–Kier alpha value is -4.57. The van der Waals surface area contributed by atoms with E-state index < -0.39 is 0 Å². The van der Waals surface area contributed by atoms with Crippen LogP contribution in [0.2, 0.25) is 0 Å². The van der Waals surface area contributed by atoms with Crippen LogP contribution in [0.5, 0.6) is 11.5 Å². The van der Waals surface area contributed by atoms with Crippen molar-refractivity contribution in [2.75, 3.05) is 25.7 Å². The summed E-state index contributed by atoms with van der Waals surface area (Å²) in [6.07, 6.45) is 7.17. The number of anilines is 2. The molecule has 0 bridgehead atoms. The molecule has 5 rings (SSSR count). The van der Waals surface area contributed by atoms with Crippen LogP contribution < -0.4 is 14.4 Å². The van der Waals surface area contributed by atoms with Crippen molar-refractivity contribution in [3.63, 3.8) is 0 Å². The van der Waals surface area contributed by atoms with Gasteiger partial charge in [0.2, 0.25) is 0 Å². The van der Waals surface area contributed by atoms with Gasteiger partial charge in [0, 0.05) is 66.8 Å². The molecule has 0 spiro atoms. The molecule has 0 fully saturated rings. The van der Waals surface area contributed by atoms with Gasteiger partial charge in [0.25, 0.3) is 0 Å². The van der Waals surface area contributed by atoms with Gasteiger partial charge in [0.15, 0.2) is 0 Å². The van der Waals surface area contributed by atoms with Crippen LogP contribution in [0.1, 0.15) is 37.9 Å². The van der Waals surface area contributed by atoms with Crippen LogP contribution in [0.15, 0.2) is 73.3 Å². The minimum atomic E-state index is 0.00222. The quantitative estimate of drug-likeness (QED) is 0.195. The highest BCUT2D eigenvalue weighted by Crippen LogP contribution is 2.34. The van der Waals surface area contributed by atoms with Gasteiger partial charge in [-0.3, -0.25) is 14.6 Å². The van der Waals surface area contributed by atoms with E-state index in [0.29, 0.717) is 5.92 Å². The van der Waals surface area contributed by atoms with Crippen molar-refractivity contribution in [2.45, 2.75) is 33.3 Å². The lowest BCUT2D eigenvalue weighted by Crippen LogP contribution is -2.16. The van der Waals surface area contributed by atoms with E-state index in [1.165, 1.54) is 0 Å². The number of rotatable bonds is 9. The van der Waals surface area contributed by atoms with Gasteiger partial charge in [0.1, 0.15) is 18.1 Å². The molecule has 10 heteroatoms. The van der Waals surface area contributed by atoms with Gasteiger partial charge in [-0.25, -0.2) is 4.98 Å². The molecule has 3 heterocycles. The van der Waals surface area contributed by atoms with Gasteiger partial charge in [-0.1, -0.05) is 13.8 Å². The topological polar surface area (TPSA) is 87.4 Å². The third-order valence-corrected chi connectivity index (χ3v) is 6.46. The molecule has 0 aliphatic carbocycles. The molecule has 0 N–H and O–H groups in total. The monoisotopic (exact) mass is 558 g/mol. The van der Waals surface area contributed by atoms with E-state index >= 15 is 0 Å². The normalized spacial score (nSPS) is 10.8. The van der Waals surface area contributed by atoms with Crippen LogP contribution >= 0.6 is 0 Å². The highest BCUT2D eigenvalue weighted by molar-refractivity contribution is 5.82. The zero-order valence-electron chi connectivity index (χ0n) is 24.2. The van der Waals surface area contributed by atoms with E-state index in [9.17, 15) is 4.53 Å². The number of methoxy groups -OCH3 is 2. The summed E-state index contributed by atoms with van der Waals surface area (Å²) in [6, 6.07) is 15.5. The van der Waals surface area contributed by atoms with Crippen molar-refractivity contribution in [3.8, 4) is 22.8 Å². The Morgan fingerprint density at radius 2 is 1.66 bits per heavy atom. The van der Waals surface area contributed by atoms with E-state index in [1.807, 2.05) is 57.4 Å². The minimum absolute atomic E-state index is 0.00222. The van der Waals surface area contributed by atoms with Crippen LogP contribution in [-0.2, 0) is 18.6 Å². The standard InChI is InChI=1S/C22H23N5O2.C9H12FNO/c1-5-27(17-8-18(28-3)11-19(9-17)29-4)16-6-7-20-21(10-16)25-22(13-23-20)15-12-24-26(2)14-15;1-7(2)9-5-8(6-12-10)3-4-11-9/h6-14H,5H2,1-4H3;3-5,7H,6H2,1-2H3. The van der Waals surface area contributed by atoms with Gasteiger partial charge >= 0.3 is 0 Å². The molecule has 0 saturated heterocycles. The molecule has 0 radical (unpaired) electrons. The molecule has 9 nitrogen and oxygen atoms in total. The van der Waals surface area contributed by atoms with E-state index in [1.54, 1.807) is 43.6 Å². The van der Waals surface area contributed by atoms with Crippen molar-refractivity contribution in [1.82, 2.24) is 24.7 Å². The maximum Gasteiger partial charge on any atom is 0.124 e. The number of ether oxygens (including phenoxy) is 2. The Bertz CT molecular complexity index is 1570. The highest BCUT2D eigenvalue weighted by Gasteiger charge is 2.13. The molecular weight excluding hydrogens is 523 g/mol. The molecule has 0 atom stereocenters. The van der Waals surface area contributed by atoms with Crippen LogP contribution in [-0.4, -0.2) is 45.5 Å². The lowest BCUT2D eigenvalue weighted by molar-refractivity contribution is -0.144. The first-order valence-electron chi connectivity index (χ1n) is 13.3. The molecule has 41 heavy (non-hydrogen) atoms. The third kappa shape index (κ3) is 7.34. The summed E-state index contributed by atoms with van der Waals surface area (Å²) in [7, 11) is 5.19. The minimum Gasteiger partial charge on any atom is -0.497 e. The predicted molar refractivity (Wildman–Crippen MR) is 158 cm³/mol. The number of fused-ring (bicyclic) bond motifs is 1. The Labute approximate surface area is 239 Å². The second-order valence-corrected chi connectivity index (χ2v) is 9.64. The van der Waals surface area contributed by atoms with Crippen LogP contribution in [0.25, 0.3) is 22.3 Å². The van der Waals surface area contributed by atoms with Crippen LogP contribution in [0.3, 0.4) is 0 Å². The number of nitrogens with zero attached hydrogens (tertiary/aromatic N) is 6. The van der Waals surface area contributed by atoms with Crippen molar-refractivity contribution in [2.24, 2.45) is 7.05 Å². The van der Waals surface area contributed by atoms with Crippen LogP contribution in [0, 0.1) is 0 Å². The van der Waals surface area contributed by atoms with Crippen molar-refractivity contribution >= 4 is 22.4 Å². The molecule has 214 valence electrons. The number of halogens is 1. The SMILES string of the molecule is CC(C)c1cc(COF)ccn1.CCN(c1cc(OC)cc(OC)c1)c1ccc2ncc(-c3cnn(C)c3)nc2c1. The summed E-state index contributed by atoms with van der Waals surface area (Å²) < 4.78 is 24.1. The summed E-state index contributed by atoms with van der Waals surface area (Å²) in [6.45, 7) is 6.97. The summed E-state index contributed by atoms with van der Waals surface area (Å²) in [5.41, 5.74) is 7.21. The molecular formula is C31H35FN6O3. The van der Waals surface area contributed by atoms with Gasteiger partial charge in [0.05, 0.1) is 43.3 Å². The number of hydrogen-bond acceptors (Lipinski definition) is 8. The van der Waals surface area contributed by atoms with E-state index in [-0.39, 0.29) is 6.61 Å². The van der Waals surface area contributed by atoms with E-state index in [4.69, 9.17) is 14.5 Å². The van der Waals surface area contributed by atoms with E-state index in [0.717, 1.165) is 63.0 Å². The average Bonchev–Trinajstić information content (AvgIpc) is 3.43. The largest absolute Gasteiger partial charge is 0.497 e. The van der Waals surface area contributed by atoms with Crippen molar-refractivity contribution in [1.29, 1.82) is 0 Å². The maximum absolute atomic E-state index is 11.5. The lowest BCUT2D eigenvalue weighted by Gasteiger charge is -2.24. The molecule has 0 aliphatic rings. The Kier molecular flexibility index (Phi) is 9.81. The van der Waals surface area contributed by atoms with Crippen molar-refractivity contribution in [3.05, 3.63) is 84.6 Å². The number of hydrogen-bond donors (Lipinski definition) is 0. The van der Waals surface area contributed by atoms with Gasteiger partial charge < -0.3 is 14.4 Å². The smallest absolute Gasteiger partial charge is 0.124 e. The Morgan fingerprint density at radius 1 is 0.902 bits per heavy atom. The second kappa shape index (κ2) is 13.7. The fourth-order valence-electron chi connectivity index (χ4n) is 4.29. The zero-order valence-corrected chi connectivity index (χ0v) is 24.2. The first-order chi connectivity index (χ1) is 19.8. The molecule has 3 aromatic heterocycles. The maximum atomic E-state index is 11.5. The fourth-order valence-corrected chi connectivity index (χ4v) is 4.29. The lowest BCUT2D eigenvalue weighted by atomic mass is 10.1. The van der Waals surface area contributed by atoms with Gasteiger partial charge in [-0.2, -0.15) is 10.0 Å². The fraction of sp³-hybridized carbons (Fsp3) is 0.290. The van der Waals surface area contributed by atoms with Crippen molar-refractivity contribution < 1.29 is 18.9 Å². The average molecular weight is 559 g/mol. The summed E-state index contributed by atoms with van der Waals surface area (Å²) in [5.74, 6) is 1.86. The molecule has 0 unspecified atom stereocenters. The Morgan fingerprint density at radius 3 is 2.27 bits per heavy atom. The molecule has 5 aromatic rings. The van der Waals surface area contributed by atoms with Gasteiger partial charge in [-0.05, 0) is 53.3 Å². The summed E-state index contributed by atoms with van der Waals surface area (Å²) in [5, 5.41) is 4.22. The summed E-state index contributed by atoms with van der Waals surface area (Å²) >= 11 is 0. The number of aryl methyl sites for hydroxylation is 1. The number of aromatic nitrogens is 5. The molecule has 0 amide bonds.